The van der Waals surface area contributed by atoms with Crippen LogP contribution in [0.3, 0.4) is 0 Å². The van der Waals surface area contributed by atoms with Gasteiger partial charge in [0.2, 0.25) is 11.1 Å². The molecule has 0 bridgehead atoms. The van der Waals surface area contributed by atoms with Crippen LogP contribution in [0.2, 0.25) is 0 Å². The Morgan fingerprint density at radius 2 is 2.14 bits per heavy atom. The zero-order valence-corrected chi connectivity index (χ0v) is 14.3. The molecule has 0 saturated heterocycles. The van der Waals surface area contributed by atoms with Crippen LogP contribution in [0.1, 0.15) is 20.3 Å². The molecule has 1 aromatic carbocycles. The number of carbonyl (C=O) groups is 1. The summed E-state index contributed by atoms with van der Waals surface area (Å²) in [5, 5.41) is 10.5. The maximum atomic E-state index is 11.7. The van der Waals surface area contributed by atoms with Gasteiger partial charge in [0.15, 0.2) is 5.82 Å². The second-order valence-corrected chi connectivity index (χ2v) is 6.50. The molecule has 112 valence electrons. The first kappa shape index (κ1) is 16.0. The lowest BCUT2D eigenvalue weighted by Gasteiger charge is -2.09. The summed E-state index contributed by atoms with van der Waals surface area (Å²) in [6, 6.07) is 8.00. The molecule has 2 rings (SSSR count). The first-order chi connectivity index (χ1) is 10.1. The highest BCUT2D eigenvalue weighted by molar-refractivity contribution is 9.10. The van der Waals surface area contributed by atoms with Crippen LogP contribution in [0, 0.1) is 0 Å². The van der Waals surface area contributed by atoms with E-state index in [-0.39, 0.29) is 11.9 Å². The number of aromatic nitrogens is 3. The number of hydrogen-bond donors (Lipinski definition) is 2. The number of carbonyl (C=O) groups excluding carboxylic acids is 1. The van der Waals surface area contributed by atoms with Crippen molar-refractivity contribution in [2.24, 2.45) is 0 Å². The third-order valence-corrected chi connectivity index (χ3v) is 4.31. The van der Waals surface area contributed by atoms with E-state index in [0.717, 1.165) is 16.5 Å². The van der Waals surface area contributed by atoms with Gasteiger partial charge in [-0.1, -0.05) is 46.7 Å². The number of rotatable bonds is 6. The van der Waals surface area contributed by atoms with Crippen molar-refractivity contribution < 1.29 is 4.79 Å². The minimum atomic E-state index is 0.00402. The fourth-order valence-electron chi connectivity index (χ4n) is 1.60. The first-order valence-corrected chi connectivity index (χ1v) is 8.47. The van der Waals surface area contributed by atoms with Crippen LogP contribution in [0.4, 0.5) is 0 Å². The van der Waals surface area contributed by atoms with Crippen LogP contribution < -0.4 is 5.32 Å². The van der Waals surface area contributed by atoms with E-state index in [0.29, 0.717) is 16.7 Å². The molecule has 7 heteroatoms. The second-order valence-electron chi connectivity index (χ2n) is 4.64. The Hall–Kier alpha value is -1.34. The molecule has 0 saturated carbocycles. The van der Waals surface area contributed by atoms with Gasteiger partial charge < -0.3 is 5.32 Å². The second kappa shape index (κ2) is 7.61. The van der Waals surface area contributed by atoms with Crippen LogP contribution in [0.15, 0.2) is 33.9 Å². The van der Waals surface area contributed by atoms with Crippen LogP contribution in [-0.2, 0) is 4.79 Å². The first-order valence-electron chi connectivity index (χ1n) is 6.69. The number of benzene rings is 1. The maximum absolute atomic E-state index is 11.7. The smallest absolute Gasteiger partial charge is 0.230 e. The molecule has 1 aromatic heterocycles. The summed E-state index contributed by atoms with van der Waals surface area (Å²) in [6.07, 6.45) is 0.921. The Balaban J connectivity index is 1.91. The number of nitrogens with zero attached hydrogens (tertiary/aromatic N) is 2. The predicted octanol–water partition coefficient (Wildman–Crippen LogP) is 3.24. The largest absolute Gasteiger partial charge is 0.353 e. The lowest BCUT2D eigenvalue weighted by atomic mass is 10.2. The molecule has 0 aliphatic rings. The van der Waals surface area contributed by atoms with Crippen LogP contribution >= 0.6 is 27.7 Å². The average Bonchev–Trinajstić information content (AvgIpc) is 2.94. The van der Waals surface area contributed by atoms with Crippen LogP contribution in [0.5, 0.6) is 0 Å². The zero-order valence-electron chi connectivity index (χ0n) is 11.9. The lowest BCUT2D eigenvalue weighted by molar-refractivity contribution is -0.119. The molecule has 0 aliphatic heterocycles. The molecule has 1 amide bonds. The van der Waals surface area contributed by atoms with Crippen molar-refractivity contribution in [1.82, 2.24) is 20.5 Å². The van der Waals surface area contributed by atoms with E-state index in [4.69, 9.17) is 0 Å². The Morgan fingerprint density at radius 1 is 1.43 bits per heavy atom. The molecule has 21 heavy (non-hydrogen) atoms. The van der Waals surface area contributed by atoms with Crippen molar-refractivity contribution in [3.63, 3.8) is 0 Å². The predicted molar refractivity (Wildman–Crippen MR) is 88.1 cm³/mol. The summed E-state index contributed by atoms with van der Waals surface area (Å²) < 4.78 is 1.02. The van der Waals surface area contributed by atoms with Crippen molar-refractivity contribution in [3.05, 3.63) is 28.7 Å². The standard InChI is InChI=1S/C14H17BrN4OS/c1-3-9(2)16-12(20)8-21-14-17-13(18-19-14)10-4-6-11(15)7-5-10/h4-7,9H,3,8H2,1-2H3,(H,16,20)(H,17,18,19). The quantitative estimate of drug-likeness (QED) is 0.767. The van der Waals surface area contributed by atoms with Crippen molar-refractivity contribution in [2.45, 2.75) is 31.5 Å². The van der Waals surface area contributed by atoms with Crippen LogP contribution in [-0.4, -0.2) is 32.9 Å². The Labute approximate surface area is 136 Å². The Morgan fingerprint density at radius 3 is 2.81 bits per heavy atom. The van der Waals surface area contributed by atoms with E-state index in [1.54, 1.807) is 0 Å². The molecule has 2 aromatic rings. The molecule has 0 radical (unpaired) electrons. The zero-order chi connectivity index (χ0) is 15.2. The Kier molecular flexibility index (Phi) is 5.81. The van der Waals surface area contributed by atoms with E-state index in [9.17, 15) is 4.79 Å². The fourth-order valence-corrected chi connectivity index (χ4v) is 2.47. The van der Waals surface area contributed by atoms with Gasteiger partial charge in [-0.2, -0.15) is 0 Å². The molecular formula is C14H17BrN4OS. The number of nitrogens with one attached hydrogen (secondary N) is 2. The molecule has 1 unspecified atom stereocenters. The van der Waals surface area contributed by atoms with Gasteiger partial charge in [0.25, 0.3) is 0 Å². The number of amides is 1. The molecule has 2 N–H and O–H groups in total. The monoisotopic (exact) mass is 368 g/mol. The average molecular weight is 369 g/mol. The van der Waals surface area contributed by atoms with Gasteiger partial charge in [0.1, 0.15) is 0 Å². The topological polar surface area (TPSA) is 70.7 Å². The minimum Gasteiger partial charge on any atom is -0.353 e. The summed E-state index contributed by atoms with van der Waals surface area (Å²) >= 11 is 4.72. The minimum absolute atomic E-state index is 0.00402. The number of hydrogen-bond acceptors (Lipinski definition) is 4. The number of halogens is 1. The normalized spacial score (nSPS) is 12.1. The van der Waals surface area contributed by atoms with E-state index in [2.05, 4.69) is 36.4 Å². The highest BCUT2D eigenvalue weighted by Gasteiger charge is 2.10. The summed E-state index contributed by atoms with van der Waals surface area (Å²) in [5.41, 5.74) is 0.960. The summed E-state index contributed by atoms with van der Waals surface area (Å²) in [6.45, 7) is 4.03. The van der Waals surface area contributed by atoms with Gasteiger partial charge in [-0.3, -0.25) is 9.89 Å². The Bertz CT molecular complexity index is 599. The number of H-pyrrole nitrogens is 1. The van der Waals surface area contributed by atoms with Crippen LogP contribution in [0.25, 0.3) is 11.4 Å². The van der Waals surface area contributed by atoms with Gasteiger partial charge in [-0.25, -0.2) is 4.98 Å². The highest BCUT2D eigenvalue weighted by Crippen LogP contribution is 2.21. The third kappa shape index (κ3) is 4.86. The molecule has 0 spiro atoms. The summed E-state index contributed by atoms with van der Waals surface area (Å²) in [7, 11) is 0. The fraction of sp³-hybridized carbons (Fsp3) is 0.357. The molecule has 0 aliphatic carbocycles. The van der Waals surface area contributed by atoms with E-state index < -0.39 is 0 Å². The van der Waals surface area contributed by atoms with Gasteiger partial charge in [-0.15, -0.1) is 5.10 Å². The maximum Gasteiger partial charge on any atom is 0.230 e. The van der Waals surface area contributed by atoms with Gasteiger partial charge >= 0.3 is 0 Å². The van der Waals surface area contributed by atoms with Crippen molar-refractivity contribution >= 4 is 33.6 Å². The van der Waals surface area contributed by atoms with Crippen molar-refractivity contribution in [1.29, 1.82) is 0 Å². The summed E-state index contributed by atoms with van der Waals surface area (Å²) in [4.78, 5) is 16.1. The number of thioether (sulfide) groups is 1. The highest BCUT2D eigenvalue weighted by atomic mass is 79.9. The van der Waals surface area contributed by atoms with Crippen molar-refractivity contribution in [3.8, 4) is 11.4 Å². The van der Waals surface area contributed by atoms with E-state index in [1.165, 1.54) is 11.8 Å². The molecule has 0 fully saturated rings. The lowest BCUT2D eigenvalue weighted by Crippen LogP contribution is -2.33. The third-order valence-electron chi connectivity index (χ3n) is 2.93. The summed E-state index contributed by atoms with van der Waals surface area (Å²) in [5.74, 6) is 1.03. The van der Waals surface area contributed by atoms with Gasteiger partial charge in [0, 0.05) is 16.1 Å². The van der Waals surface area contributed by atoms with E-state index in [1.807, 2.05) is 38.1 Å². The number of aromatic amines is 1. The molecular weight excluding hydrogens is 352 g/mol. The molecule has 5 nitrogen and oxygen atoms in total. The molecule has 1 atom stereocenters. The van der Waals surface area contributed by atoms with E-state index >= 15 is 0 Å². The molecule has 1 heterocycles. The SMILES string of the molecule is CCC(C)NC(=O)CSc1n[nH]c(-c2ccc(Br)cc2)n1. The van der Waals surface area contributed by atoms with Gasteiger partial charge in [-0.05, 0) is 25.5 Å². The van der Waals surface area contributed by atoms with Gasteiger partial charge in [0.05, 0.1) is 5.75 Å². The van der Waals surface area contributed by atoms with Crippen molar-refractivity contribution in [2.75, 3.05) is 5.75 Å².